The van der Waals surface area contributed by atoms with Gasteiger partial charge in [0.15, 0.2) is 0 Å². The monoisotopic (exact) mass is 408 g/mol. The lowest BCUT2D eigenvalue weighted by atomic mass is 10.00. The van der Waals surface area contributed by atoms with E-state index in [0.717, 1.165) is 37.6 Å². The Hall–Kier alpha value is -2.63. The first-order valence-electron chi connectivity index (χ1n) is 9.96. The molecule has 29 heavy (non-hydrogen) atoms. The van der Waals surface area contributed by atoms with Crippen molar-refractivity contribution in [3.8, 4) is 0 Å². The smallest absolute Gasteiger partial charge is 0.234 e. The standard InChI is InChI=1S/C23H25ClN4O/c1-17(20-8-4-6-18-5-2-3-7-21(18)20)26-23(29)16-27-11-13-28(14-12-27)22-10-9-19(24)15-25-22/h2-10,15,17H,11-14,16H2,1H3,(H,26,29). The van der Waals surface area contributed by atoms with Crippen LogP contribution in [0.25, 0.3) is 10.8 Å². The van der Waals surface area contributed by atoms with E-state index in [0.29, 0.717) is 11.6 Å². The van der Waals surface area contributed by atoms with Gasteiger partial charge in [0.2, 0.25) is 5.91 Å². The van der Waals surface area contributed by atoms with Gasteiger partial charge in [-0.15, -0.1) is 0 Å². The van der Waals surface area contributed by atoms with Crippen molar-refractivity contribution < 1.29 is 4.79 Å². The second-order valence-corrected chi connectivity index (χ2v) is 7.89. The number of carbonyl (C=O) groups excluding carboxylic acids is 1. The van der Waals surface area contributed by atoms with Crippen molar-refractivity contribution in [2.75, 3.05) is 37.6 Å². The van der Waals surface area contributed by atoms with Gasteiger partial charge in [0.05, 0.1) is 17.6 Å². The van der Waals surface area contributed by atoms with Gasteiger partial charge in [-0.05, 0) is 35.4 Å². The molecule has 2 aromatic carbocycles. The average Bonchev–Trinajstić information content (AvgIpc) is 2.74. The first-order valence-corrected chi connectivity index (χ1v) is 10.3. The zero-order valence-electron chi connectivity index (χ0n) is 16.5. The molecule has 1 aliphatic rings. The number of aromatic nitrogens is 1. The van der Waals surface area contributed by atoms with Crippen molar-refractivity contribution in [2.45, 2.75) is 13.0 Å². The number of anilines is 1. The quantitative estimate of drug-likeness (QED) is 0.695. The predicted octanol–water partition coefficient (Wildman–Crippen LogP) is 3.89. The van der Waals surface area contributed by atoms with Gasteiger partial charge in [0, 0.05) is 32.4 Å². The van der Waals surface area contributed by atoms with Crippen molar-refractivity contribution in [1.82, 2.24) is 15.2 Å². The summed E-state index contributed by atoms with van der Waals surface area (Å²) in [5, 5.41) is 6.19. The van der Waals surface area contributed by atoms with Gasteiger partial charge in [-0.25, -0.2) is 4.98 Å². The molecule has 4 rings (SSSR count). The molecule has 1 atom stereocenters. The summed E-state index contributed by atoms with van der Waals surface area (Å²) in [4.78, 5) is 21.4. The van der Waals surface area contributed by atoms with Crippen LogP contribution in [-0.2, 0) is 4.79 Å². The van der Waals surface area contributed by atoms with Gasteiger partial charge >= 0.3 is 0 Å². The normalized spacial score (nSPS) is 16.0. The SMILES string of the molecule is CC(NC(=O)CN1CCN(c2ccc(Cl)cn2)CC1)c1cccc2ccccc12. The highest BCUT2D eigenvalue weighted by Crippen LogP contribution is 2.24. The molecule has 0 radical (unpaired) electrons. The molecule has 0 aliphatic carbocycles. The van der Waals surface area contributed by atoms with E-state index in [2.05, 4.69) is 44.4 Å². The fourth-order valence-corrected chi connectivity index (χ4v) is 4.00. The largest absolute Gasteiger partial charge is 0.354 e. The third-order valence-electron chi connectivity index (χ3n) is 5.44. The average molecular weight is 409 g/mol. The molecule has 0 bridgehead atoms. The maximum absolute atomic E-state index is 12.6. The summed E-state index contributed by atoms with van der Waals surface area (Å²) in [6, 6.07) is 18.3. The Morgan fingerprint density at radius 3 is 2.59 bits per heavy atom. The lowest BCUT2D eigenvalue weighted by Crippen LogP contribution is -2.49. The lowest BCUT2D eigenvalue weighted by molar-refractivity contribution is -0.123. The molecule has 6 heteroatoms. The third-order valence-corrected chi connectivity index (χ3v) is 5.67. The molecule has 3 aromatic rings. The van der Waals surface area contributed by atoms with Gasteiger partial charge in [-0.3, -0.25) is 9.69 Å². The van der Waals surface area contributed by atoms with E-state index < -0.39 is 0 Å². The summed E-state index contributed by atoms with van der Waals surface area (Å²) in [6.07, 6.45) is 1.67. The molecule has 2 heterocycles. The summed E-state index contributed by atoms with van der Waals surface area (Å²) in [6.45, 7) is 5.82. The molecule has 1 amide bonds. The Balaban J connectivity index is 1.31. The van der Waals surface area contributed by atoms with Crippen molar-refractivity contribution in [3.63, 3.8) is 0 Å². The highest BCUT2D eigenvalue weighted by molar-refractivity contribution is 6.30. The maximum atomic E-state index is 12.6. The molecule has 1 N–H and O–H groups in total. The number of benzene rings is 2. The molecule has 0 saturated carbocycles. The molecule has 1 fully saturated rings. The molecule has 1 unspecified atom stereocenters. The molecule has 5 nitrogen and oxygen atoms in total. The second kappa shape index (κ2) is 8.80. The van der Waals surface area contributed by atoms with Crippen molar-refractivity contribution in [3.05, 3.63) is 71.4 Å². The van der Waals surface area contributed by atoms with Crippen LogP contribution in [-0.4, -0.2) is 48.5 Å². The van der Waals surface area contributed by atoms with Crippen LogP contribution in [0.4, 0.5) is 5.82 Å². The molecule has 1 aromatic heterocycles. The number of hydrogen-bond acceptors (Lipinski definition) is 4. The number of rotatable bonds is 5. The van der Waals surface area contributed by atoms with Gasteiger partial charge in [0.1, 0.15) is 5.82 Å². The number of fused-ring (bicyclic) bond motifs is 1. The number of piperazine rings is 1. The number of carbonyl (C=O) groups is 1. The van der Waals surface area contributed by atoms with Crippen LogP contribution in [0.15, 0.2) is 60.8 Å². The Morgan fingerprint density at radius 1 is 1.07 bits per heavy atom. The van der Waals surface area contributed by atoms with Gasteiger partial charge in [-0.1, -0.05) is 54.1 Å². The summed E-state index contributed by atoms with van der Waals surface area (Å²) in [5.74, 6) is 0.992. The van der Waals surface area contributed by atoms with Crippen LogP contribution in [0, 0.1) is 0 Å². The molecule has 0 spiro atoms. The number of nitrogens with one attached hydrogen (secondary N) is 1. The topological polar surface area (TPSA) is 48.5 Å². The van der Waals surface area contributed by atoms with Crippen molar-refractivity contribution in [2.24, 2.45) is 0 Å². The zero-order valence-corrected chi connectivity index (χ0v) is 17.3. The van der Waals surface area contributed by atoms with Crippen LogP contribution >= 0.6 is 11.6 Å². The highest BCUT2D eigenvalue weighted by atomic mass is 35.5. The Morgan fingerprint density at radius 2 is 1.83 bits per heavy atom. The minimum Gasteiger partial charge on any atom is -0.354 e. The number of amides is 1. The summed E-state index contributed by atoms with van der Waals surface area (Å²) in [5.41, 5.74) is 1.15. The number of pyridine rings is 1. The van der Waals surface area contributed by atoms with E-state index in [-0.39, 0.29) is 11.9 Å². The van der Waals surface area contributed by atoms with Crippen molar-refractivity contribution in [1.29, 1.82) is 0 Å². The number of nitrogens with zero attached hydrogens (tertiary/aromatic N) is 3. The summed E-state index contributed by atoms with van der Waals surface area (Å²) < 4.78 is 0. The molecule has 1 saturated heterocycles. The lowest BCUT2D eigenvalue weighted by Gasteiger charge is -2.35. The van der Waals surface area contributed by atoms with Crippen LogP contribution in [0.5, 0.6) is 0 Å². The highest BCUT2D eigenvalue weighted by Gasteiger charge is 2.21. The van der Waals surface area contributed by atoms with E-state index in [4.69, 9.17) is 11.6 Å². The fourth-order valence-electron chi connectivity index (χ4n) is 3.89. The number of hydrogen-bond donors (Lipinski definition) is 1. The minimum absolute atomic E-state index is 0.0341. The van der Waals surface area contributed by atoms with E-state index >= 15 is 0 Å². The van der Waals surface area contributed by atoms with E-state index in [9.17, 15) is 4.79 Å². The number of halogens is 1. The second-order valence-electron chi connectivity index (χ2n) is 7.46. The Bertz CT molecular complexity index is 978. The van der Waals surface area contributed by atoms with E-state index in [1.807, 2.05) is 37.3 Å². The van der Waals surface area contributed by atoms with Gasteiger partial charge < -0.3 is 10.2 Å². The molecule has 1 aliphatic heterocycles. The van der Waals surface area contributed by atoms with E-state index in [1.54, 1.807) is 6.20 Å². The summed E-state index contributed by atoms with van der Waals surface area (Å²) in [7, 11) is 0. The van der Waals surface area contributed by atoms with Crippen molar-refractivity contribution >= 4 is 34.1 Å². The van der Waals surface area contributed by atoms with Crippen LogP contribution in [0.1, 0.15) is 18.5 Å². The molecule has 150 valence electrons. The van der Waals surface area contributed by atoms with E-state index in [1.165, 1.54) is 10.8 Å². The Labute approximate surface area is 176 Å². The molecular formula is C23H25ClN4O. The first-order chi connectivity index (χ1) is 14.1. The fraction of sp³-hybridized carbons (Fsp3) is 0.304. The maximum Gasteiger partial charge on any atom is 0.234 e. The predicted molar refractivity (Wildman–Crippen MR) is 118 cm³/mol. The summed E-state index contributed by atoms with van der Waals surface area (Å²) >= 11 is 5.92. The van der Waals surface area contributed by atoms with Gasteiger partial charge in [0.25, 0.3) is 0 Å². The van der Waals surface area contributed by atoms with Gasteiger partial charge in [-0.2, -0.15) is 0 Å². The minimum atomic E-state index is -0.0341. The molecular weight excluding hydrogens is 384 g/mol. The van der Waals surface area contributed by atoms with Crippen LogP contribution in [0.3, 0.4) is 0 Å². The third kappa shape index (κ3) is 4.69. The van der Waals surface area contributed by atoms with Crippen LogP contribution in [0.2, 0.25) is 5.02 Å². The van der Waals surface area contributed by atoms with Crippen LogP contribution < -0.4 is 10.2 Å². The Kier molecular flexibility index (Phi) is 5.97. The first kappa shape index (κ1) is 19.7. The zero-order chi connectivity index (χ0) is 20.2.